The van der Waals surface area contributed by atoms with Crippen LogP contribution >= 0.6 is 0 Å². The topological polar surface area (TPSA) is 52.3 Å². The van der Waals surface area contributed by atoms with Crippen LogP contribution < -0.4 is 5.73 Å². The first-order valence-electron chi connectivity index (χ1n) is 4.44. The average molecular weight is 181 g/mol. The zero-order valence-electron chi connectivity index (χ0n) is 7.88. The van der Waals surface area contributed by atoms with Crippen LogP contribution in [0.4, 0.5) is 0 Å². The highest BCUT2D eigenvalue weighted by Gasteiger charge is 2.31. The van der Waals surface area contributed by atoms with Gasteiger partial charge in [0.25, 0.3) is 0 Å². The van der Waals surface area contributed by atoms with Crippen LogP contribution in [-0.4, -0.2) is 19.1 Å². The van der Waals surface area contributed by atoms with Crippen molar-refractivity contribution < 1.29 is 9.53 Å². The number of carbonyl (C=O) groups is 1. The Labute approximate surface area is 78.3 Å². The summed E-state index contributed by atoms with van der Waals surface area (Å²) in [7, 11) is 1.36. The molecule has 0 aromatic rings. The molecule has 1 aliphatic rings. The van der Waals surface area contributed by atoms with Crippen molar-refractivity contribution in [2.45, 2.75) is 25.3 Å². The lowest BCUT2D eigenvalue weighted by atomic mass is 9.95. The summed E-state index contributed by atoms with van der Waals surface area (Å²) in [5, 5.41) is 0. The fraction of sp³-hybridized carbons (Fsp3) is 0.600. The second-order valence-electron chi connectivity index (χ2n) is 3.28. The van der Waals surface area contributed by atoms with Crippen molar-refractivity contribution in [2.75, 3.05) is 7.11 Å². The Bertz CT molecular complexity index is 254. The number of carbonyl (C=O) groups excluding carboxylic acids is 1. The summed E-state index contributed by atoms with van der Waals surface area (Å²) in [6.45, 7) is 3.49. The van der Waals surface area contributed by atoms with Crippen LogP contribution in [0.3, 0.4) is 0 Å². The summed E-state index contributed by atoms with van der Waals surface area (Å²) in [6, 6.07) is 0.0587. The molecule has 2 unspecified atom stereocenters. The second-order valence-corrected chi connectivity index (χ2v) is 3.28. The Kier molecular flexibility index (Phi) is 3.29. The van der Waals surface area contributed by atoms with Crippen molar-refractivity contribution >= 4 is 5.97 Å². The number of ether oxygens (including phenoxy) is 1. The number of methoxy groups -OCH3 is 1. The molecular weight excluding hydrogens is 166 g/mol. The van der Waals surface area contributed by atoms with E-state index in [-0.39, 0.29) is 17.9 Å². The van der Waals surface area contributed by atoms with Gasteiger partial charge in [-0.15, -0.1) is 5.73 Å². The molecule has 3 nitrogen and oxygen atoms in total. The molecule has 1 aliphatic carbocycles. The van der Waals surface area contributed by atoms with Crippen LogP contribution in [0.2, 0.25) is 0 Å². The third kappa shape index (κ3) is 2.00. The molecule has 13 heavy (non-hydrogen) atoms. The zero-order valence-corrected chi connectivity index (χ0v) is 7.88. The van der Waals surface area contributed by atoms with Crippen LogP contribution in [0.15, 0.2) is 17.9 Å². The number of esters is 1. The van der Waals surface area contributed by atoms with Gasteiger partial charge >= 0.3 is 5.97 Å². The van der Waals surface area contributed by atoms with Crippen molar-refractivity contribution in [3.8, 4) is 0 Å². The summed E-state index contributed by atoms with van der Waals surface area (Å²) >= 11 is 0. The van der Waals surface area contributed by atoms with Gasteiger partial charge in [-0.2, -0.15) is 0 Å². The van der Waals surface area contributed by atoms with E-state index in [0.29, 0.717) is 5.57 Å². The van der Waals surface area contributed by atoms with Crippen LogP contribution in [0.5, 0.6) is 0 Å². The first-order chi connectivity index (χ1) is 6.20. The van der Waals surface area contributed by atoms with Gasteiger partial charge in [0.05, 0.1) is 12.7 Å². The molecule has 3 heteroatoms. The van der Waals surface area contributed by atoms with Crippen LogP contribution in [0.1, 0.15) is 19.3 Å². The Balaban J connectivity index is 2.78. The molecular formula is C10H15NO2. The minimum atomic E-state index is -0.350. The predicted molar refractivity (Wildman–Crippen MR) is 50.0 cm³/mol. The lowest BCUT2D eigenvalue weighted by molar-refractivity contribution is -0.136. The molecule has 0 saturated heterocycles. The number of nitrogens with two attached hydrogens (primary N) is 1. The van der Waals surface area contributed by atoms with E-state index in [1.807, 2.05) is 0 Å². The van der Waals surface area contributed by atoms with E-state index < -0.39 is 0 Å². The molecule has 1 saturated carbocycles. The maximum Gasteiger partial charge on any atom is 0.341 e. The number of rotatable bonds is 2. The van der Waals surface area contributed by atoms with Gasteiger partial charge in [-0.3, -0.25) is 0 Å². The van der Waals surface area contributed by atoms with Gasteiger partial charge in [0.15, 0.2) is 0 Å². The first-order valence-corrected chi connectivity index (χ1v) is 4.44. The van der Waals surface area contributed by atoms with E-state index in [1.54, 1.807) is 0 Å². The highest BCUT2D eigenvalue weighted by atomic mass is 16.5. The Hall–Kier alpha value is -1.05. The van der Waals surface area contributed by atoms with E-state index in [0.717, 1.165) is 19.3 Å². The lowest BCUT2D eigenvalue weighted by Gasteiger charge is -2.15. The van der Waals surface area contributed by atoms with Crippen LogP contribution in [0, 0.1) is 5.92 Å². The summed E-state index contributed by atoms with van der Waals surface area (Å²) in [6.07, 6.45) is 2.97. The van der Waals surface area contributed by atoms with E-state index in [1.165, 1.54) is 7.11 Å². The molecule has 1 fully saturated rings. The number of hydrogen-bond donors (Lipinski definition) is 1. The van der Waals surface area contributed by atoms with Gasteiger partial charge in [0.2, 0.25) is 0 Å². The highest BCUT2D eigenvalue weighted by Crippen LogP contribution is 2.30. The third-order valence-corrected chi connectivity index (χ3v) is 2.54. The Morgan fingerprint density at radius 2 is 2.31 bits per heavy atom. The maximum absolute atomic E-state index is 11.3. The molecule has 0 heterocycles. The van der Waals surface area contributed by atoms with Crippen LogP contribution in [-0.2, 0) is 9.53 Å². The van der Waals surface area contributed by atoms with Gasteiger partial charge in [0.1, 0.15) is 0 Å². The van der Waals surface area contributed by atoms with Crippen molar-refractivity contribution in [1.29, 1.82) is 0 Å². The maximum atomic E-state index is 11.3. The summed E-state index contributed by atoms with van der Waals surface area (Å²) in [5.41, 5.74) is 9.00. The molecule has 0 bridgehead atoms. The average Bonchev–Trinajstić information content (AvgIpc) is 2.53. The van der Waals surface area contributed by atoms with E-state index in [9.17, 15) is 4.79 Å². The summed E-state index contributed by atoms with van der Waals surface area (Å²) < 4.78 is 4.63. The van der Waals surface area contributed by atoms with Gasteiger partial charge < -0.3 is 10.5 Å². The highest BCUT2D eigenvalue weighted by molar-refractivity contribution is 5.88. The molecule has 2 atom stereocenters. The smallest absolute Gasteiger partial charge is 0.341 e. The molecule has 0 spiro atoms. The molecule has 0 aromatic carbocycles. The minimum absolute atomic E-state index is 0.0587. The molecule has 1 rings (SSSR count). The van der Waals surface area contributed by atoms with Gasteiger partial charge in [-0.05, 0) is 12.8 Å². The van der Waals surface area contributed by atoms with Crippen molar-refractivity contribution in [3.63, 3.8) is 0 Å². The van der Waals surface area contributed by atoms with Crippen molar-refractivity contribution in [3.05, 3.63) is 17.9 Å². The standard InChI is InChI=1S/C10H15NO2/c1-3-7(10(12)13-2)8-5-4-6-9(8)11/h8-9H,1,4-6,11H2,2H3. The fourth-order valence-corrected chi connectivity index (χ4v) is 1.81. The molecule has 0 amide bonds. The normalized spacial score (nSPS) is 26.6. The second kappa shape index (κ2) is 4.26. The summed E-state index contributed by atoms with van der Waals surface area (Å²) in [4.78, 5) is 11.3. The largest absolute Gasteiger partial charge is 0.465 e. The van der Waals surface area contributed by atoms with Crippen LogP contribution in [0.25, 0.3) is 0 Å². The van der Waals surface area contributed by atoms with E-state index in [2.05, 4.69) is 17.0 Å². The van der Waals surface area contributed by atoms with Gasteiger partial charge in [-0.1, -0.05) is 13.0 Å². The zero-order chi connectivity index (χ0) is 9.84. The molecule has 0 aromatic heterocycles. The molecule has 0 radical (unpaired) electrons. The van der Waals surface area contributed by atoms with Crippen molar-refractivity contribution in [1.82, 2.24) is 0 Å². The van der Waals surface area contributed by atoms with Gasteiger partial charge in [-0.25, -0.2) is 4.79 Å². The lowest BCUT2D eigenvalue weighted by Crippen LogP contribution is -2.28. The predicted octanol–water partition coefficient (Wildman–Crippen LogP) is 0.998. The monoisotopic (exact) mass is 181 g/mol. The summed E-state index contributed by atoms with van der Waals surface area (Å²) in [5.74, 6) is -0.262. The SMILES string of the molecule is C=C=C(C(=O)OC)C1CCCC1N. The molecule has 72 valence electrons. The number of hydrogen-bond acceptors (Lipinski definition) is 3. The van der Waals surface area contributed by atoms with E-state index in [4.69, 9.17) is 5.73 Å². The van der Waals surface area contributed by atoms with E-state index >= 15 is 0 Å². The third-order valence-electron chi connectivity index (χ3n) is 2.54. The Morgan fingerprint density at radius 3 is 2.69 bits per heavy atom. The molecule has 0 aliphatic heterocycles. The fourth-order valence-electron chi connectivity index (χ4n) is 1.81. The quantitative estimate of drug-likeness (QED) is 0.393. The Morgan fingerprint density at radius 1 is 1.62 bits per heavy atom. The minimum Gasteiger partial charge on any atom is -0.465 e. The van der Waals surface area contributed by atoms with Crippen molar-refractivity contribution in [2.24, 2.45) is 11.7 Å². The van der Waals surface area contributed by atoms with Gasteiger partial charge in [0, 0.05) is 12.0 Å². The molecule has 2 N–H and O–H groups in total. The first kappa shape index (κ1) is 10.0.